The number of rotatable bonds is 10. The van der Waals surface area contributed by atoms with Crippen molar-refractivity contribution in [2.75, 3.05) is 6.61 Å². The maximum Gasteiger partial charge on any atom is 0.255 e. The van der Waals surface area contributed by atoms with Crippen LogP contribution in [0.25, 0.3) is 0 Å². The molecule has 0 aliphatic carbocycles. The number of hydrogen-bond acceptors (Lipinski definition) is 6. The summed E-state index contributed by atoms with van der Waals surface area (Å²) in [4.78, 5) is 48.4. The smallest absolute Gasteiger partial charge is 0.255 e. The third-order valence-electron chi connectivity index (χ3n) is 7.71. The van der Waals surface area contributed by atoms with Crippen molar-refractivity contribution < 1.29 is 19.1 Å². The molecule has 0 saturated carbocycles. The second-order valence-corrected chi connectivity index (χ2v) is 11.0. The van der Waals surface area contributed by atoms with Gasteiger partial charge < -0.3 is 25.7 Å². The second kappa shape index (κ2) is 13.4. The highest BCUT2D eigenvalue weighted by Crippen LogP contribution is 2.42. The fraction of sp³-hybridized carbons (Fsp3) is 0.242. The summed E-state index contributed by atoms with van der Waals surface area (Å²) >= 11 is 5.98. The van der Waals surface area contributed by atoms with Crippen LogP contribution < -0.4 is 15.8 Å². The average molecular weight is 611 g/mol. The molecular weight excluding hydrogens is 580 g/mol. The van der Waals surface area contributed by atoms with Crippen LogP contribution in [0.5, 0.6) is 5.75 Å². The number of nitrogens with zero attached hydrogens (tertiary/aromatic N) is 3. The molecule has 1 aromatic heterocycles. The van der Waals surface area contributed by atoms with Gasteiger partial charge in [-0.2, -0.15) is 5.26 Å². The van der Waals surface area contributed by atoms with Crippen molar-refractivity contribution in [2.45, 2.75) is 44.3 Å². The lowest BCUT2D eigenvalue weighted by atomic mass is 9.92. The molecule has 224 valence electrons. The summed E-state index contributed by atoms with van der Waals surface area (Å²) in [6.07, 6.45) is 4.41. The second-order valence-electron chi connectivity index (χ2n) is 10.6. The van der Waals surface area contributed by atoms with Crippen LogP contribution in [-0.2, 0) is 22.4 Å². The Labute approximate surface area is 259 Å². The lowest BCUT2D eigenvalue weighted by molar-refractivity contribution is -0.135. The van der Waals surface area contributed by atoms with E-state index in [1.165, 1.54) is 6.92 Å². The van der Waals surface area contributed by atoms with Crippen molar-refractivity contribution in [3.8, 4) is 11.8 Å². The Bertz CT molecular complexity index is 1680. The van der Waals surface area contributed by atoms with Crippen molar-refractivity contribution in [3.05, 3.63) is 118 Å². The number of para-hydroxylation sites is 1. The molecule has 4 aromatic rings. The van der Waals surface area contributed by atoms with E-state index in [9.17, 15) is 19.6 Å². The number of primary amides is 1. The van der Waals surface area contributed by atoms with Gasteiger partial charge in [0.15, 0.2) is 0 Å². The molecule has 4 N–H and O–H groups in total. The first-order valence-electron chi connectivity index (χ1n) is 14.1. The number of halogens is 1. The molecule has 1 aliphatic heterocycles. The Morgan fingerprint density at radius 2 is 1.82 bits per heavy atom. The Kier molecular flexibility index (Phi) is 9.26. The lowest BCUT2D eigenvalue weighted by Crippen LogP contribution is -2.46. The predicted octanol–water partition coefficient (Wildman–Crippen LogP) is 4.42. The number of nitrogens with one attached hydrogen (secondary N) is 2. The minimum Gasteiger partial charge on any atom is -0.492 e. The number of carbonyl (C=O) groups is 3. The number of H-pyrrole nitrogens is 1. The van der Waals surface area contributed by atoms with Gasteiger partial charge in [-0.3, -0.25) is 14.4 Å². The van der Waals surface area contributed by atoms with E-state index in [1.54, 1.807) is 66.0 Å². The summed E-state index contributed by atoms with van der Waals surface area (Å²) in [5, 5.41) is 12.5. The van der Waals surface area contributed by atoms with Gasteiger partial charge in [-0.1, -0.05) is 48.0 Å². The zero-order valence-corrected chi connectivity index (χ0v) is 24.8. The van der Waals surface area contributed by atoms with Gasteiger partial charge in [0.1, 0.15) is 11.8 Å². The Morgan fingerprint density at radius 3 is 2.45 bits per heavy atom. The SMILES string of the molecule is CC(=O)N(C(Cc1ccc(C#N)cc1)c1cnc[nH]1)C1CCOc2c(C(=O)N[C@@H](Cc3ccc(Cl)cc3)C(N)=O)cccc21. The van der Waals surface area contributed by atoms with E-state index in [0.717, 1.165) is 16.8 Å². The molecule has 0 spiro atoms. The Balaban J connectivity index is 1.45. The summed E-state index contributed by atoms with van der Waals surface area (Å²) in [5.41, 5.74) is 9.59. The molecule has 2 heterocycles. The largest absolute Gasteiger partial charge is 0.492 e. The van der Waals surface area contributed by atoms with Gasteiger partial charge >= 0.3 is 0 Å². The number of nitriles is 1. The van der Waals surface area contributed by atoms with E-state index in [1.807, 2.05) is 18.2 Å². The third-order valence-corrected chi connectivity index (χ3v) is 7.97. The maximum atomic E-state index is 13.6. The molecule has 10 nitrogen and oxygen atoms in total. The summed E-state index contributed by atoms with van der Waals surface area (Å²) in [7, 11) is 0. The number of imidazole rings is 1. The van der Waals surface area contributed by atoms with Crippen LogP contribution in [0.4, 0.5) is 0 Å². The van der Waals surface area contributed by atoms with Gasteiger partial charge in [0.25, 0.3) is 5.91 Å². The molecule has 2 unspecified atom stereocenters. The van der Waals surface area contributed by atoms with Crippen LogP contribution in [0.1, 0.15) is 63.7 Å². The van der Waals surface area contributed by atoms with Gasteiger partial charge in [-0.15, -0.1) is 0 Å². The molecule has 1 aliphatic rings. The van der Waals surface area contributed by atoms with Crippen LogP contribution >= 0.6 is 11.6 Å². The monoisotopic (exact) mass is 610 g/mol. The van der Waals surface area contributed by atoms with Gasteiger partial charge in [0.2, 0.25) is 11.8 Å². The minimum absolute atomic E-state index is 0.164. The van der Waals surface area contributed by atoms with Crippen molar-refractivity contribution in [1.29, 1.82) is 5.26 Å². The van der Waals surface area contributed by atoms with E-state index in [-0.39, 0.29) is 24.5 Å². The molecule has 11 heteroatoms. The topological polar surface area (TPSA) is 154 Å². The summed E-state index contributed by atoms with van der Waals surface area (Å²) in [6, 6.07) is 19.7. The molecular formula is C33H31ClN6O4. The molecule has 44 heavy (non-hydrogen) atoms. The predicted molar refractivity (Wildman–Crippen MR) is 164 cm³/mol. The zero-order valence-electron chi connectivity index (χ0n) is 24.0. The van der Waals surface area contributed by atoms with E-state index >= 15 is 0 Å². The highest BCUT2D eigenvalue weighted by Gasteiger charge is 2.37. The van der Waals surface area contributed by atoms with Crippen molar-refractivity contribution >= 4 is 29.3 Å². The summed E-state index contributed by atoms with van der Waals surface area (Å²) in [5.74, 6) is -1.01. The quantitative estimate of drug-likeness (QED) is 0.241. The first-order valence-corrected chi connectivity index (χ1v) is 14.5. The van der Waals surface area contributed by atoms with Crippen molar-refractivity contribution in [3.63, 3.8) is 0 Å². The van der Waals surface area contributed by atoms with Crippen LogP contribution in [0.2, 0.25) is 5.02 Å². The number of amides is 3. The van der Waals surface area contributed by atoms with Crippen LogP contribution in [0, 0.1) is 11.3 Å². The molecule has 0 fully saturated rings. The number of aromatic amines is 1. The summed E-state index contributed by atoms with van der Waals surface area (Å²) < 4.78 is 6.04. The normalized spacial score (nSPS) is 15.2. The van der Waals surface area contributed by atoms with Crippen LogP contribution in [0.15, 0.2) is 79.3 Å². The highest BCUT2D eigenvalue weighted by atomic mass is 35.5. The molecule has 0 bridgehead atoms. The Hall–Kier alpha value is -5.14. The van der Waals surface area contributed by atoms with Crippen molar-refractivity contribution in [1.82, 2.24) is 20.2 Å². The number of nitrogens with two attached hydrogens (primary N) is 1. The molecule has 3 amide bonds. The fourth-order valence-corrected chi connectivity index (χ4v) is 5.72. The fourth-order valence-electron chi connectivity index (χ4n) is 5.59. The summed E-state index contributed by atoms with van der Waals surface area (Å²) in [6.45, 7) is 1.78. The Morgan fingerprint density at radius 1 is 1.11 bits per heavy atom. The minimum atomic E-state index is -0.968. The average Bonchev–Trinajstić information content (AvgIpc) is 3.56. The molecule has 3 aromatic carbocycles. The molecule has 0 saturated heterocycles. The number of benzene rings is 3. The number of carbonyl (C=O) groups excluding carboxylic acids is 3. The van der Waals surface area contributed by atoms with Crippen LogP contribution in [-0.4, -0.2) is 45.2 Å². The highest BCUT2D eigenvalue weighted by molar-refractivity contribution is 6.30. The third kappa shape index (κ3) is 6.74. The van der Waals surface area contributed by atoms with Crippen molar-refractivity contribution in [2.24, 2.45) is 5.73 Å². The number of ether oxygens (including phenoxy) is 1. The number of aromatic nitrogens is 2. The zero-order chi connectivity index (χ0) is 31.2. The van der Waals surface area contributed by atoms with Crippen LogP contribution in [0.3, 0.4) is 0 Å². The van der Waals surface area contributed by atoms with Gasteiger partial charge in [0, 0.05) is 30.4 Å². The standard InChI is InChI=1S/C33H31ClN6O4/c1-20(41)40(30(28-18-37-19-38-28)16-22-5-7-23(17-35)8-6-22)29-13-14-44-31-25(29)3-2-4-26(31)33(43)39-27(32(36)42)15-21-9-11-24(34)12-10-21/h2-12,18-19,27,29-30H,13-16H2,1H3,(H2,36,42)(H,37,38)(H,39,43)/t27-,29?,30?/m0/s1. The lowest BCUT2D eigenvalue weighted by Gasteiger charge is -2.40. The van der Waals surface area contributed by atoms with E-state index < -0.39 is 29.9 Å². The van der Waals surface area contributed by atoms with Gasteiger partial charge in [0.05, 0.1) is 54.1 Å². The maximum absolute atomic E-state index is 13.6. The first-order chi connectivity index (χ1) is 21.2. The molecule has 0 radical (unpaired) electrons. The first kappa shape index (κ1) is 30.3. The van der Waals surface area contributed by atoms with E-state index in [4.69, 9.17) is 22.1 Å². The van der Waals surface area contributed by atoms with E-state index in [0.29, 0.717) is 34.7 Å². The molecule has 3 atom stereocenters. The van der Waals surface area contributed by atoms with E-state index in [2.05, 4.69) is 21.4 Å². The number of hydrogen-bond donors (Lipinski definition) is 3. The molecule has 5 rings (SSSR count). The van der Waals surface area contributed by atoms with Gasteiger partial charge in [-0.05, 0) is 47.9 Å². The van der Waals surface area contributed by atoms with Gasteiger partial charge in [-0.25, -0.2) is 4.98 Å². The number of fused-ring (bicyclic) bond motifs is 1.